The number of fused-ring (bicyclic) bond motifs is 2. The molecule has 1 atom stereocenters. The Morgan fingerprint density at radius 3 is 2.48 bits per heavy atom. The van der Waals surface area contributed by atoms with Crippen LogP contribution in [0.15, 0.2) is 84.4 Å². The van der Waals surface area contributed by atoms with Crippen LogP contribution in [0.4, 0.5) is 11.4 Å². The molecule has 1 aromatic heterocycles. The zero-order valence-electron chi connectivity index (χ0n) is 16.5. The van der Waals surface area contributed by atoms with Gasteiger partial charge in [0.25, 0.3) is 0 Å². The van der Waals surface area contributed by atoms with Crippen molar-refractivity contribution in [2.45, 2.75) is 19.6 Å². The monoisotopic (exact) mass is 398 g/mol. The number of aromatic nitrogens is 1. The summed E-state index contributed by atoms with van der Waals surface area (Å²) < 4.78 is 7.30. The molecular weight excluding hydrogens is 376 g/mol. The summed E-state index contributed by atoms with van der Waals surface area (Å²) in [5.41, 5.74) is 7.15. The molecule has 0 saturated heterocycles. The topological polar surface area (TPSA) is 25.4 Å². The fourth-order valence-electron chi connectivity index (χ4n) is 4.07. The van der Waals surface area contributed by atoms with Crippen molar-refractivity contribution >= 4 is 38.5 Å². The van der Waals surface area contributed by atoms with Gasteiger partial charge >= 0.3 is 0 Å². The van der Waals surface area contributed by atoms with Crippen LogP contribution in [0.3, 0.4) is 0 Å². The number of rotatable bonds is 3. The molecule has 3 nitrogen and oxygen atoms in total. The van der Waals surface area contributed by atoms with Gasteiger partial charge in [0, 0.05) is 24.9 Å². The van der Waals surface area contributed by atoms with Crippen LogP contribution in [0.2, 0.25) is 0 Å². The third-order valence-corrected chi connectivity index (χ3v) is 6.67. The summed E-state index contributed by atoms with van der Waals surface area (Å²) in [5, 5.41) is 1.07. The van der Waals surface area contributed by atoms with Gasteiger partial charge in [-0.2, -0.15) is 0 Å². The Hall–Kier alpha value is -2.95. The lowest BCUT2D eigenvalue weighted by atomic mass is 9.92. The predicted molar refractivity (Wildman–Crippen MR) is 122 cm³/mol. The van der Waals surface area contributed by atoms with E-state index in [2.05, 4.69) is 78.6 Å². The highest BCUT2D eigenvalue weighted by molar-refractivity contribution is 7.19. The number of methoxy groups -OCH3 is 1. The molecule has 2 heterocycles. The third-order valence-electron chi connectivity index (χ3n) is 5.52. The molecule has 0 N–H and O–H groups in total. The maximum atomic E-state index is 6.09. The van der Waals surface area contributed by atoms with E-state index in [0.29, 0.717) is 0 Å². The minimum absolute atomic E-state index is 0.167. The summed E-state index contributed by atoms with van der Waals surface area (Å²) >= 11 is 1.75. The predicted octanol–water partition coefficient (Wildman–Crippen LogP) is 6.44. The van der Waals surface area contributed by atoms with Crippen molar-refractivity contribution in [1.82, 2.24) is 4.98 Å². The molecule has 0 fully saturated rings. The molecule has 5 rings (SSSR count). The maximum absolute atomic E-state index is 6.09. The Kier molecular flexibility index (Phi) is 4.66. The molecule has 0 aliphatic carbocycles. The first kappa shape index (κ1) is 18.1. The average molecular weight is 399 g/mol. The molecule has 144 valence electrons. The van der Waals surface area contributed by atoms with Crippen LogP contribution >= 0.6 is 11.3 Å². The van der Waals surface area contributed by atoms with E-state index in [-0.39, 0.29) is 6.23 Å². The second-order valence-electron chi connectivity index (χ2n) is 7.24. The molecule has 0 amide bonds. The van der Waals surface area contributed by atoms with E-state index in [4.69, 9.17) is 9.72 Å². The minimum Gasteiger partial charge on any atom is -0.357 e. The van der Waals surface area contributed by atoms with Crippen LogP contribution in [0.5, 0.6) is 0 Å². The Morgan fingerprint density at radius 1 is 0.966 bits per heavy atom. The number of allylic oxidation sites excluding steroid dienone is 1. The Balaban J connectivity index is 1.69. The van der Waals surface area contributed by atoms with Crippen molar-refractivity contribution < 1.29 is 4.74 Å². The zero-order valence-corrected chi connectivity index (χ0v) is 17.3. The SMILES string of the molecule is COC1C(=C(C)c2nc3ccccc3s2)Cc2ccccc2N1c1ccccc1. The number of hydrogen-bond acceptors (Lipinski definition) is 4. The second-order valence-corrected chi connectivity index (χ2v) is 8.27. The molecular formula is C25H22N2OS. The first-order chi connectivity index (χ1) is 14.3. The third kappa shape index (κ3) is 3.15. The number of anilines is 2. The normalized spacial score (nSPS) is 18.0. The van der Waals surface area contributed by atoms with Gasteiger partial charge in [-0.05, 0) is 54.0 Å². The smallest absolute Gasteiger partial charge is 0.157 e. The number of para-hydroxylation sites is 3. The number of hydrogen-bond donors (Lipinski definition) is 0. The zero-order chi connectivity index (χ0) is 19.8. The molecule has 1 unspecified atom stereocenters. The Morgan fingerprint density at radius 2 is 1.69 bits per heavy atom. The lowest BCUT2D eigenvalue weighted by molar-refractivity contribution is 0.132. The van der Waals surface area contributed by atoms with Gasteiger partial charge in [-0.25, -0.2) is 4.98 Å². The lowest BCUT2D eigenvalue weighted by Crippen LogP contribution is -2.39. The average Bonchev–Trinajstić information content (AvgIpc) is 3.22. The molecule has 4 aromatic rings. The fourth-order valence-corrected chi connectivity index (χ4v) is 5.07. The highest BCUT2D eigenvalue weighted by Gasteiger charge is 2.32. The highest BCUT2D eigenvalue weighted by atomic mass is 32.1. The molecule has 29 heavy (non-hydrogen) atoms. The van der Waals surface area contributed by atoms with Gasteiger partial charge in [0.15, 0.2) is 6.23 Å². The molecule has 0 radical (unpaired) electrons. The Labute approximate surface area is 174 Å². The van der Waals surface area contributed by atoms with Gasteiger partial charge in [-0.15, -0.1) is 11.3 Å². The molecule has 0 spiro atoms. The van der Waals surface area contributed by atoms with Crippen LogP contribution in [0, 0.1) is 0 Å². The van der Waals surface area contributed by atoms with E-state index in [1.165, 1.54) is 27.1 Å². The van der Waals surface area contributed by atoms with Gasteiger partial charge in [-0.3, -0.25) is 0 Å². The summed E-state index contributed by atoms with van der Waals surface area (Å²) in [5.74, 6) is 0. The molecule has 3 aromatic carbocycles. The van der Waals surface area contributed by atoms with Gasteiger partial charge in [-0.1, -0.05) is 48.5 Å². The second kappa shape index (κ2) is 7.47. The number of ether oxygens (including phenoxy) is 1. The van der Waals surface area contributed by atoms with Crippen molar-refractivity contribution in [1.29, 1.82) is 0 Å². The molecule has 0 saturated carbocycles. The van der Waals surface area contributed by atoms with Crippen molar-refractivity contribution in [2.24, 2.45) is 0 Å². The van der Waals surface area contributed by atoms with E-state index in [9.17, 15) is 0 Å². The van der Waals surface area contributed by atoms with Crippen molar-refractivity contribution in [3.63, 3.8) is 0 Å². The fraction of sp³-hybridized carbons (Fsp3) is 0.160. The summed E-state index contributed by atoms with van der Waals surface area (Å²) in [6.07, 6.45) is 0.694. The highest BCUT2D eigenvalue weighted by Crippen LogP contribution is 2.42. The van der Waals surface area contributed by atoms with Gasteiger partial charge in [0.1, 0.15) is 5.01 Å². The maximum Gasteiger partial charge on any atom is 0.157 e. The van der Waals surface area contributed by atoms with Gasteiger partial charge in [0.05, 0.1) is 10.2 Å². The molecule has 1 aliphatic rings. The van der Waals surface area contributed by atoms with Gasteiger partial charge < -0.3 is 9.64 Å². The van der Waals surface area contributed by atoms with E-state index in [0.717, 1.165) is 22.6 Å². The summed E-state index contributed by atoms with van der Waals surface area (Å²) in [6, 6.07) is 27.4. The number of nitrogens with zero attached hydrogens (tertiary/aromatic N) is 2. The Bertz CT molecular complexity index is 1160. The van der Waals surface area contributed by atoms with Crippen LogP contribution in [0.1, 0.15) is 17.5 Å². The number of benzene rings is 3. The molecule has 1 aliphatic heterocycles. The van der Waals surface area contributed by atoms with Crippen LogP contribution in [0.25, 0.3) is 15.8 Å². The van der Waals surface area contributed by atoms with Crippen LogP contribution < -0.4 is 4.90 Å². The van der Waals surface area contributed by atoms with Crippen LogP contribution in [-0.2, 0) is 11.2 Å². The summed E-state index contributed by atoms with van der Waals surface area (Å²) in [7, 11) is 1.79. The van der Waals surface area contributed by atoms with Crippen molar-refractivity contribution in [3.05, 3.63) is 95.0 Å². The van der Waals surface area contributed by atoms with Crippen LogP contribution in [-0.4, -0.2) is 18.3 Å². The lowest BCUT2D eigenvalue weighted by Gasteiger charge is -2.40. The number of thiazole rings is 1. The minimum atomic E-state index is -0.167. The van der Waals surface area contributed by atoms with Crippen molar-refractivity contribution in [2.75, 3.05) is 12.0 Å². The van der Waals surface area contributed by atoms with E-state index < -0.39 is 0 Å². The van der Waals surface area contributed by atoms with E-state index in [1.54, 1.807) is 18.4 Å². The van der Waals surface area contributed by atoms with Crippen molar-refractivity contribution in [3.8, 4) is 0 Å². The first-order valence-electron chi connectivity index (χ1n) is 9.77. The summed E-state index contributed by atoms with van der Waals surface area (Å²) in [6.45, 7) is 2.18. The standard InChI is InChI=1S/C25H22N2OS/c1-17(24-26-21-13-7-9-15-23(21)29-24)20-16-18-10-6-8-14-22(18)27(25(20)28-2)19-11-4-3-5-12-19/h3-15,25H,16H2,1-2H3. The van der Waals surface area contributed by atoms with E-state index in [1.807, 2.05) is 12.1 Å². The first-order valence-corrected chi connectivity index (χ1v) is 10.6. The largest absolute Gasteiger partial charge is 0.357 e. The summed E-state index contributed by atoms with van der Waals surface area (Å²) in [4.78, 5) is 7.19. The molecule has 0 bridgehead atoms. The van der Waals surface area contributed by atoms with Gasteiger partial charge in [0.2, 0.25) is 0 Å². The molecule has 4 heteroatoms. The van der Waals surface area contributed by atoms with E-state index >= 15 is 0 Å². The quantitative estimate of drug-likeness (QED) is 0.397.